The number of aryl methyl sites for hydroxylation is 1. The van der Waals surface area contributed by atoms with Gasteiger partial charge in [0.25, 0.3) is 0 Å². The fourth-order valence-electron chi connectivity index (χ4n) is 2.80. The number of hydrogen-bond acceptors (Lipinski definition) is 3. The molecule has 1 saturated heterocycles. The van der Waals surface area contributed by atoms with E-state index >= 15 is 0 Å². The van der Waals surface area contributed by atoms with E-state index in [4.69, 9.17) is 5.26 Å². The molecular weight excluding hydrogens is 302 g/mol. The van der Waals surface area contributed by atoms with E-state index in [0.29, 0.717) is 25.6 Å². The first kappa shape index (κ1) is 17.7. The molecular formula is C19H23N3O2. The molecule has 1 aliphatic heterocycles. The van der Waals surface area contributed by atoms with Crippen LogP contribution < -0.4 is 5.32 Å². The lowest BCUT2D eigenvalue weighted by Crippen LogP contribution is -2.40. The van der Waals surface area contributed by atoms with Gasteiger partial charge >= 0.3 is 0 Å². The third-order valence-electron chi connectivity index (χ3n) is 4.21. The SMILES string of the molecule is Cc1cccc(/C=C/C(=O)N2CCC(CNC(=O)CC#N)CC2)c1. The Morgan fingerprint density at radius 3 is 2.79 bits per heavy atom. The van der Waals surface area contributed by atoms with Gasteiger partial charge in [0.05, 0.1) is 6.07 Å². The zero-order valence-electron chi connectivity index (χ0n) is 14.0. The number of nitrogens with one attached hydrogen (secondary N) is 1. The van der Waals surface area contributed by atoms with Crippen LogP contribution in [0.25, 0.3) is 6.08 Å². The molecule has 0 saturated carbocycles. The topological polar surface area (TPSA) is 73.2 Å². The molecule has 2 rings (SSSR count). The largest absolute Gasteiger partial charge is 0.355 e. The number of piperidine rings is 1. The fraction of sp³-hybridized carbons (Fsp3) is 0.421. The van der Waals surface area contributed by atoms with Crippen molar-refractivity contribution in [3.8, 4) is 6.07 Å². The van der Waals surface area contributed by atoms with E-state index in [2.05, 4.69) is 5.32 Å². The second-order valence-electron chi connectivity index (χ2n) is 6.16. The van der Waals surface area contributed by atoms with E-state index in [1.54, 1.807) is 6.08 Å². The standard InChI is InChI=1S/C19H23N3O2/c1-15-3-2-4-16(13-15)5-6-19(24)22-11-8-17(9-12-22)14-21-18(23)7-10-20/h2-6,13,17H,7-9,11-12,14H2,1H3,(H,21,23)/b6-5+. The first-order valence-electron chi connectivity index (χ1n) is 8.26. The van der Waals surface area contributed by atoms with Gasteiger partial charge in [-0.15, -0.1) is 0 Å². The first-order valence-corrected chi connectivity index (χ1v) is 8.26. The van der Waals surface area contributed by atoms with E-state index in [0.717, 1.165) is 18.4 Å². The molecule has 24 heavy (non-hydrogen) atoms. The van der Waals surface area contributed by atoms with Gasteiger partial charge in [-0.25, -0.2) is 0 Å². The number of carbonyl (C=O) groups excluding carboxylic acids is 2. The maximum atomic E-state index is 12.2. The number of nitriles is 1. The number of amides is 2. The van der Waals surface area contributed by atoms with Gasteiger partial charge in [0, 0.05) is 25.7 Å². The molecule has 0 atom stereocenters. The van der Waals surface area contributed by atoms with E-state index in [-0.39, 0.29) is 18.2 Å². The molecule has 2 amide bonds. The molecule has 0 unspecified atom stereocenters. The van der Waals surface area contributed by atoms with Gasteiger partial charge < -0.3 is 10.2 Å². The van der Waals surface area contributed by atoms with Gasteiger partial charge in [-0.3, -0.25) is 9.59 Å². The van der Waals surface area contributed by atoms with E-state index < -0.39 is 0 Å². The average molecular weight is 325 g/mol. The van der Waals surface area contributed by atoms with Crippen LogP contribution in [0.3, 0.4) is 0 Å². The van der Waals surface area contributed by atoms with E-state index in [1.807, 2.05) is 48.2 Å². The minimum absolute atomic E-state index is 0.0310. The van der Waals surface area contributed by atoms with Crippen molar-refractivity contribution < 1.29 is 9.59 Å². The molecule has 0 aliphatic carbocycles. The number of carbonyl (C=O) groups is 2. The highest BCUT2D eigenvalue weighted by Crippen LogP contribution is 2.17. The third kappa shape index (κ3) is 5.54. The highest BCUT2D eigenvalue weighted by molar-refractivity contribution is 5.91. The van der Waals surface area contributed by atoms with Gasteiger partial charge in [0.2, 0.25) is 11.8 Å². The lowest BCUT2D eigenvalue weighted by atomic mass is 9.96. The van der Waals surface area contributed by atoms with Crippen LogP contribution in [0.15, 0.2) is 30.3 Å². The van der Waals surface area contributed by atoms with Gasteiger partial charge in [0.1, 0.15) is 6.42 Å². The van der Waals surface area contributed by atoms with Gasteiger partial charge in [-0.2, -0.15) is 5.26 Å². The Kier molecular flexibility index (Phi) is 6.56. The van der Waals surface area contributed by atoms with Crippen molar-refractivity contribution >= 4 is 17.9 Å². The second-order valence-corrected chi connectivity index (χ2v) is 6.16. The Bertz CT molecular complexity index is 653. The van der Waals surface area contributed by atoms with E-state index in [1.165, 1.54) is 5.56 Å². The summed E-state index contributed by atoms with van der Waals surface area (Å²) in [4.78, 5) is 25.4. The molecule has 1 aromatic rings. The number of nitrogens with zero attached hydrogens (tertiary/aromatic N) is 2. The van der Waals surface area contributed by atoms with Crippen LogP contribution in [0.1, 0.15) is 30.4 Å². The van der Waals surface area contributed by atoms with Crippen LogP contribution in [0.4, 0.5) is 0 Å². The molecule has 1 aromatic carbocycles. The Morgan fingerprint density at radius 1 is 1.38 bits per heavy atom. The molecule has 5 heteroatoms. The summed E-state index contributed by atoms with van der Waals surface area (Å²) in [6, 6.07) is 9.86. The Balaban J connectivity index is 1.76. The monoisotopic (exact) mass is 325 g/mol. The molecule has 5 nitrogen and oxygen atoms in total. The van der Waals surface area contributed by atoms with Crippen molar-refractivity contribution in [3.63, 3.8) is 0 Å². The number of hydrogen-bond donors (Lipinski definition) is 1. The summed E-state index contributed by atoms with van der Waals surface area (Å²) in [6.07, 6.45) is 5.13. The molecule has 126 valence electrons. The predicted octanol–water partition coefficient (Wildman–Crippen LogP) is 2.28. The lowest BCUT2D eigenvalue weighted by Gasteiger charge is -2.31. The molecule has 0 aromatic heterocycles. The van der Waals surface area contributed by atoms with Crippen molar-refractivity contribution in [2.24, 2.45) is 5.92 Å². The number of benzene rings is 1. The summed E-state index contributed by atoms with van der Waals surface area (Å²) >= 11 is 0. The van der Waals surface area contributed by atoms with Crippen LogP contribution >= 0.6 is 0 Å². The predicted molar refractivity (Wildman–Crippen MR) is 92.8 cm³/mol. The van der Waals surface area contributed by atoms with Gasteiger partial charge in [-0.1, -0.05) is 29.8 Å². The molecule has 0 bridgehead atoms. The van der Waals surface area contributed by atoms with Crippen molar-refractivity contribution in [1.29, 1.82) is 5.26 Å². The van der Waals surface area contributed by atoms with Crippen LogP contribution in [0, 0.1) is 24.2 Å². The fourth-order valence-corrected chi connectivity index (χ4v) is 2.80. The second kappa shape index (κ2) is 8.88. The van der Waals surface area contributed by atoms with Crippen molar-refractivity contribution in [1.82, 2.24) is 10.2 Å². The maximum absolute atomic E-state index is 12.2. The van der Waals surface area contributed by atoms with Crippen molar-refractivity contribution in [3.05, 3.63) is 41.5 Å². The highest BCUT2D eigenvalue weighted by atomic mass is 16.2. The van der Waals surface area contributed by atoms with E-state index in [9.17, 15) is 9.59 Å². The van der Waals surface area contributed by atoms with Crippen LogP contribution in [0.5, 0.6) is 0 Å². The molecule has 1 N–H and O–H groups in total. The summed E-state index contributed by atoms with van der Waals surface area (Å²) in [5, 5.41) is 11.2. The highest BCUT2D eigenvalue weighted by Gasteiger charge is 2.21. The maximum Gasteiger partial charge on any atom is 0.246 e. The first-order chi connectivity index (χ1) is 11.6. The minimum atomic E-state index is -0.225. The lowest BCUT2D eigenvalue weighted by molar-refractivity contribution is -0.127. The normalized spacial score (nSPS) is 15.2. The average Bonchev–Trinajstić information content (AvgIpc) is 2.59. The summed E-state index contributed by atoms with van der Waals surface area (Å²) in [5.74, 6) is 0.179. The van der Waals surface area contributed by atoms with Crippen LogP contribution in [-0.2, 0) is 9.59 Å². The minimum Gasteiger partial charge on any atom is -0.355 e. The summed E-state index contributed by atoms with van der Waals surface area (Å²) in [5.41, 5.74) is 2.20. The Hall–Kier alpha value is -2.61. The Labute approximate surface area is 143 Å². The molecule has 0 spiro atoms. The smallest absolute Gasteiger partial charge is 0.246 e. The molecule has 1 fully saturated rings. The summed E-state index contributed by atoms with van der Waals surface area (Å²) < 4.78 is 0. The van der Waals surface area contributed by atoms with Crippen molar-refractivity contribution in [2.45, 2.75) is 26.2 Å². The zero-order valence-corrected chi connectivity index (χ0v) is 14.0. The Morgan fingerprint density at radius 2 is 2.12 bits per heavy atom. The number of rotatable bonds is 5. The number of likely N-dealkylation sites (tertiary alicyclic amines) is 1. The molecule has 1 heterocycles. The van der Waals surface area contributed by atoms with Gasteiger partial charge in [0.15, 0.2) is 0 Å². The van der Waals surface area contributed by atoms with Crippen molar-refractivity contribution in [2.75, 3.05) is 19.6 Å². The summed E-state index contributed by atoms with van der Waals surface area (Å²) in [6.45, 7) is 4.02. The van der Waals surface area contributed by atoms with Crippen LogP contribution in [-0.4, -0.2) is 36.3 Å². The van der Waals surface area contributed by atoms with Gasteiger partial charge in [-0.05, 0) is 37.3 Å². The molecule has 0 radical (unpaired) electrons. The summed E-state index contributed by atoms with van der Waals surface area (Å²) in [7, 11) is 0. The quantitative estimate of drug-likeness (QED) is 0.844. The zero-order chi connectivity index (χ0) is 17.4. The third-order valence-corrected chi connectivity index (χ3v) is 4.21. The van der Waals surface area contributed by atoms with Crippen LogP contribution in [0.2, 0.25) is 0 Å². The molecule has 1 aliphatic rings.